The van der Waals surface area contributed by atoms with Crippen molar-refractivity contribution in [2.24, 2.45) is 0 Å². The van der Waals surface area contributed by atoms with E-state index in [2.05, 4.69) is 15.4 Å². The molecule has 1 saturated heterocycles. The summed E-state index contributed by atoms with van der Waals surface area (Å²) in [4.78, 5) is 25.4. The Morgan fingerprint density at radius 1 is 1.08 bits per heavy atom. The molecule has 194 valence electrons. The number of ether oxygens (including phenoxy) is 3. The predicted octanol–water partition coefficient (Wildman–Crippen LogP) is 4.00. The van der Waals surface area contributed by atoms with Crippen LogP contribution in [0.2, 0.25) is 0 Å². The molecule has 4 rings (SSSR count). The molecule has 8 nitrogen and oxygen atoms in total. The molecule has 1 unspecified atom stereocenters. The van der Waals surface area contributed by atoms with Crippen molar-refractivity contribution in [3.05, 3.63) is 47.0 Å². The van der Waals surface area contributed by atoms with E-state index in [0.29, 0.717) is 5.75 Å². The highest BCUT2D eigenvalue weighted by Crippen LogP contribution is 2.46. The molecule has 1 fully saturated rings. The van der Waals surface area contributed by atoms with Crippen LogP contribution in [0.1, 0.15) is 27.5 Å². The molecule has 0 radical (unpaired) electrons. The average molecular weight is 519 g/mol. The first kappa shape index (κ1) is 25.4. The van der Waals surface area contributed by atoms with Gasteiger partial charge in [0.25, 0.3) is 5.91 Å². The van der Waals surface area contributed by atoms with E-state index < -0.39 is 47.6 Å². The first-order valence-corrected chi connectivity index (χ1v) is 10.4. The zero-order valence-electron chi connectivity index (χ0n) is 18.7. The number of amides is 1. The fraction of sp³-hybridized carbons (Fsp3) is 0.364. The van der Waals surface area contributed by atoms with E-state index >= 15 is 0 Å². The minimum atomic E-state index is -5.33. The van der Waals surface area contributed by atoms with Crippen molar-refractivity contribution in [2.45, 2.75) is 24.6 Å². The maximum atomic E-state index is 14.0. The number of anilines is 2. The summed E-state index contributed by atoms with van der Waals surface area (Å²) >= 11 is 0. The standard InChI is InChI=1S/C22H19F6N3O5/c1-34-11-3-4-14(15(9-11)35-2)30-10-7-12-16(13(8-10)21(23,24)25)19(32)31-6-5-29-18(17(12)31)36-20(33)22(26,27)28/h3-4,7-9,17-18,29-30H,5-6H2,1-2H3/t17-,18?/m1/s1. The summed E-state index contributed by atoms with van der Waals surface area (Å²) in [5.74, 6) is -2.90. The van der Waals surface area contributed by atoms with Crippen LogP contribution in [-0.2, 0) is 15.7 Å². The molecule has 2 N–H and O–H groups in total. The van der Waals surface area contributed by atoms with E-state index in [1.54, 1.807) is 0 Å². The normalized spacial score (nSPS) is 19.4. The van der Waals surface area contributed by atoms with Crippen molar-refractivity contribution in [1.82, 2.24) is 10.2 Å². The predicted molar refractivity (Wildman–Crippen MR) is 112 cm³/mol. The number of halogens is 6. The number of rotatable bonds is 5. The van der Waals surface area contributed by atoms with Gasteiger partial charge in [-0.25, -0.2) is 4.79 Å². The SMILES string of the molecule is COc1ccc(Nc2cc3c(c(C(F)(F)F)c2)C(=O)N2CCNC(OC(=O)C(F)(F)F)[C@@H]32)c(OC)c1. The third-order valence-electron chi connectivity index (χ3n) is 5.74. The Labute approximate surface area is 200 Å². The second-order valence-corrected chi connectivity index (χ2v) is 7.90. The van der Waals surface area contributed by atoms with Gasteiger partial charge in [-0.15, -0.1) is 0 Å². The van der Waals surface area contributed by atoms with E-state index in [4.69, 9.17) is 9.47 Å². The number of esters is 1. The summed E-state index contributed by atoms with van der Waals surface area (Å²) in [6.45, 7) is -0.202. The molecule has 0 spiro atoms. The van der Waals surface area contributed by atoms with E-state index in [0.717, 1.165) is 11.0 Å². The van der Waals surface area contributed by atoms with Crippen molar-refractivity contribution in [1.29, 1.82) is 0 Å². The zero-order chi connectivity index (χ0) is 26.4. The van der Waals surface area contributed by atoms with Gasteiger partial charge in [0.2, 0.25) is 0 Å². The summed E-state index contributed by atoms with van der Waals surface area (Å²) in [6, 6.07) is 5.04. The molecule has 0 bridgehead atoms. The minimum Gasteiger partial charge on any atom is -0.497 e. The van der Waals surface area contributed by atoms with Crippen LogP contribution >= 0.6 is 0 Å². The van der Waals surface area contributed by atoms with Gasteiger partial charge in [0.05, 0.1) is 31.0 Å². The molecule has 2 heterocycles. The number of hydrogen-bond donors (Lipinski definition) is 2. The molecule has 2 atom stereocenters. The van der Waals surface area contributed by atoms with Crippen LogP contribution in [0.3, 0.4) is 0 Å². The molecule has 2 aliphatic rings. The van der Waals surface area contributed by atoms with Crippen molar-refractivity contribution in [3.63, 3.8) is 0 Å². The number of hydrogen-bond acceptors (Lipinski definition) is 7. The molecule has 36 heavy (non-hydrogen) atoms. The van der Waals surface area contributed by atoms with Gasteiger partial charge in [-0.2, -0.15) is 26.3 Å². The van der Waals surface area contributed by atoms with Crippen LogP contribution in [0, 0.1) is 0 Å². The van der Waals surface area contributed by atoms with Crippen molar-refractivity contribution in [2.75, 3.05) is 32.6 Å². The monoisotopic (exact) mass is 519 g/mol. The number of carbonyl (C=O) groups is 2. The number of alkyl halides is 6. The van der Waals surface area contributed by atoms with E-state index in [1.807, 2.05) is 0 Å². The summed E-state index contributed by atoms with van der Waals surface area (Å²) in [7, 11) is 2.76. The Morgan fingerprint density at radius 2 is 1.81 bits per heavy atom. The average Bonchev–Trinajstić information content (AvgIpc) is 3.10. The number of nitrogens with zero attached hydrogens (tertiary/aromatic N) is 1. The van der Waals surface area contributed by atoms with Gasteiger partial charge in [-0.05, 0) is 29.8 Å². The second kappa shape index (κ2) is 9.08. The molecule has 2 aromatic carbocycles. The molecule has 2 aliphatic heterocycles. The second-order valence-electron chi connectivity index (χ2n) is 7.90. The number of benzene rings is 2. The number of methoxy groups -OCH3 is 2. The topological polar surface area (TPSA) is 89.1 Å². The van der Waals surface area contributed by atoms with E-state index in [1.165, 1.54) is 38.5 Å². The highest BCUT2D eigenvalue weighted by atomic mass is 19.4. The van der Waals surface area contributed by atoms with Crippen molar-refractivity contribution in [3.8, 4) is 11.5 Å². The van der Waals surface area contributed by atoms with Gasteiger partial charge in [0.1, 0.15) is 17.5 Å². The van der Waals surface area contributed by atoms with Crippen LogP contribution in [0.25, 0.3) is 0 Å². The quantitative estimate of drug-likeness (QED) is 0.456. The number of fused-ring (bicyclic) bond motifs is 3. The van der Waals surface area contributed by atoms with Crippen LogP contribution in [0.5, 0.6) is 11.5 Å². The summed E-state index contributed by atoms with van der Waals surface area (Å²) in [6.07, 6.45) is -12.0. The van der Waals surface area contributed by atoms with Crippen LogP contribution in [-0.4, -0.2) is 56.5 Å². The molecular formula is C22H19F6N3O5. The van der Waals surface area contributed by atoms with Gasteiger partial charge in [-0.3, -0.25) is 10.1 Å². The van der Waals surface area contributed by atoms with Crippen LogP contribution < -0.4 is 20.1 Å². The smallest absolute Gasteiger partial charge is 0.490 e. The molecular weight excluding hydrogens is 500 g/mol. The number of piperazine rings is 1. The van der Waals surface area contributed by atoms with Gasteiger partial charge >= 0.3 is 18.3 Å². The maximum Gasteiger partial charge on any atom is 0.490 e. The molecule has 0 saturated carbocycles. The number of carbonyl (C=O) groups excluding carboxylic acids is 2. The fourth-order valence-corrected chi connectivity index (χ4v) is 4.22. The lowest BCUT2D eigenvalue weighted by atomic mass is 9.96. The highest BCUT2D eigenvalue weighted by Gasteiger charge is 2.52. The molecule has 1 amide bonds. The van der Waals surface area contributed by atoms with Crippen LogP contribution in [0.15, 0.2) is 30.3 Å². The summed E-state index contributed by atoms with van der Waals surface area (Å²) < 4.78 is 95.4. The largest absolute Gasteiger partial charge is 0.497 e. The van der Waals surface area contributed by atoms with Gasteiger partial charge in [0, 0.05) is 24.8 Å². The molecule has 2 aromatic rings. The lowest BCUT2D eigenvalue weighted by Crippen LogP contribution is -2.54. The van der Waals surface area contributed by atoms with E-state index in [-0.39, 0.29) is 35.8 Å². The number of nitrogens with one attached hydrogen (secondary N) is 2. The maximum absolute atomic E-state index is 14.0. The molecule has 0 aromatic heterocycles. The first-order chi connectivity index (χ1) is 16.8. The first-order valence-electron chi connectivity index (χ1n) is 10.4. The Bertz CT molecular complexity index is 1200. The zero-order valence-corrected chi connectivity index (χ0v) is 18.7. The summed E-state index contributed by atoms with van der Waals surface area (Å²) in [5, 5.41) is 5.33. The van der Waals surface area contributed by atoms with Crippen molar-refractivity contribution < 1.29 is 50.1 Å². The minimum absolute atomic E-state index is 0.0957. The lowest BCUT2D eigenvalue weighted by molar-refractivity contribution is -0.210. The third kappa shape index (κ3) is 4.59. The Morgan fingerprint density at radius 3 is 2.42 bits per heavy atom. The molecule has 14 heteroatoms. The Hall–Kier alpha value is -3.68. The van der Waals surface area contributed by atoms with Crippen molar-refractivity contribution >= 4 is 23.3 Å². The van der Waals surface area contributed by atoms with Gasteiger partial charge in [-0.1, -0.05) is 0 Å². The Balaban J connectivity index is 1.80. The lowest BCUT2D eigenvalue weighted by Gasteiger charge is -2.37. The molecule has 0 aliphatic carbocycles. The van der Waals surface area contributed by atoms with E-state index in [9.17, 15) is 35.9 Å². The van der Waals surface area contributed by atoms with Crippen LogP contribution in [0.4, 0.5) is 37.7 Å². The van der Waals surface area contributed by atoms with Gasteiger partial charge in [0.15, 0.2) is 6.23 Å². The van der Waals surface area contributed by atoms with Gasteiger partial charge < -0.3 is 24.4 Å². The summed E-state index contributed by atoms with van der Waals surface area (Å²) in [5.41, 5.74) is -2.09. The third-order valence-corrected chi connectivity index (χ3v) is 5.74. The highest BCUT2D eigenvalue weighted by molar-refractivity contribution is 6.02. The Kier molecular flexibility index (Phi) is 6.41. The fourth-order valence-electron chi connectivity index (χ4n) is 4.22.